The minimum Gasteiger partial charge on any atom is -0.368 e. The molecule has 4 N–H and O–H groups in total. The topological polar surface area (TPSA) is 82.3 Å². The Kier molecular flexibility index (Phi) is 6.38. The average Bonchev–Trinajstić information content (AvgIpc) is 2.84. The van der Waals surface area contributed by atoms with Crippen molar-refractivity contribution in [1.29, 1.82) is 0 Å². The summed E-state index contributed by atoms with van der Waals surface area (Å²) in [7, 11) is 0. The number of hydrogen-bond donors (Lipinski definition) is 4. The SMILES string of the molecule is CCOC(O)CCC(Nc1ccc2[nH]c(=S)[nH]c2c1)OCC. The molecule has 0 saturated carbocycles. The first-order valence-corrected chi connectivity index (χ1v) is 7.93. The number of aromatic nitrogens is 2. The number of hydrogen-bond acceptors (Lipinski definition) is 5. The first kappa shape index (κ1) is 17.0. The summed E-state index contributed by atoms with van der Waals surface area (Å²) in [5.41, 5.74) is 2.84. The van der Waals surface area contributed by atoms with Gasteiger partial charge in [0.15, 0.2) is 11.1 Å². The lowest BCUT2D eigenvalue weighted by atomic mass is 10.2. The largest absolute Gasteiger partial charge is 0.368 e. The number of aliphatic hydroxyl groups is 1. The molecule has 0 aliphatic rings. The maximum absolute atomic E-state index is 9.65. The monoisotopic (exact) mass is 325 g/mol. The molecule has 22 heavy (non-hydrogen) atoms. The van der Waals surface area contributed by atoms with E-state index in [0.717, 1.165) is 16.7 Å². The van der Waals surface area contributed by atoms with Crippen molar-refractivity contribution in [2.24, 2.45) is 0 Å². The highest BCUT2D eigenvalue weighted by molar-refractivity contribution is 7.71. The van der Waals surface area contributed by atoms with E-state index in [4.69, 9.17) is 21.7 Å². The van der Waals surface area contributed by atoms with Crippen molar-refractivity contribution in [3.05, 3.63) is 23.0 Å². The Bertz CT molecular complexity index is 640. The van der Waals surface area contributed by atoms with E-state index in [-0.39, 0.29) is 6.23 Å². The van der Waals surface area contributed by atoms with Gasteiger partial charge in [-0.05, 0) is 50.7 Å². The van der Waals surface area contributed by atoms with Crippen LogP contribution in [0.5, 0.6) is 0 Å². The fraction of sp³-hybridized carbons (Fsp3) is 0.533. The van der Waals surface area contributed by atoms with Crippen LogP contribution in [-0.2, 0) is 9.47 Å². The van der Waals surface area contributed by atoms with Crippen LogP contribution in [0.25, 0.3) is 11.0 Å². The fourth-order valence-corrected chi connectivity index (χ4v) is 2.50. The van der Waals surface area contributed by atoms with E-state index in [1.54, 1.807) is 0 Å². The van der Waals surface area contributed by atoms with Crippen LogP contribution in [0.15, 0.2) is 18.2 Å². The van der Waals surface area contributed by atoms with Crippen LogP contribution in [-0.4, -0.2) is 40.8 Å². The lowest BCUT2D eigenvalue weighted by molar-refractivity contribution is -0.104. The fourth-order valence-electron chi connectivity index (χ4n) is 2.28. The van der Waals surface area contributed by atoms with Crippen LogP contribution in [0.1, 0.15) is 26.7 Å². The van der Waals surface area contributed by atoms with E-state index >= 15 is 0 Å². The highest BCUT2D eigenvalue weighted by Crippen LogP contribution is 2.18. The summed E-state index contributed by atoms with van der Waals surface area (Å²) in [6, 6.07) is 5.90. The Hall–Kier alpha value is -1.41. The van der Waals surface area contributed by atoms with Crippen LogP contribution in [0.4, 0.5) is 5.69 Å². The number of nitrogens with one attached hydrogen (secondary N) is 3. The molecule has 0 radical (unpaired) electrons. The van der Waals surface area contributed by atoms with Gasteiger partial charge in [0.25, 0.3) is 0 Å². The van der Waals surface area contributed by atoms with Gasteiger partial charge in [-0.2, -0.15) is 0 Å². The van der Waals surface area contributed by atoms with Crippen molar-refractivity contribution < 1.29 is 14.6 Å². The van der Waals surface area contributed by atoms with Crippen LogP contribution < -0.4 is 5.32 Å². The summed E-state index contributed by atoms with van der Waals surface area (Å²) in [6.07, 6.45) is 0.230. The van der Waals surface area contributed by atoms with Crippen LogP contribution in [0, 0.1) is 4.77 Å². The molecule has 2 rings (SSSR count). The molecule has 0 aliphatic carbocycles. The summed E-state index contributed by atoms with van der Waals surface area (Å²) < 4.78 is 11.4. The Balaban J connectivity index is 2.00. The summed E-state index contributed by atoms with van der Waals surface area (Å²) in [6.45, 7) is 4.90. The molecule has 0 saturated heterocycles. The number of benzene rings is 1. The second-order valence-electron chi connectivity index (χ2n) is 4.92. The third-order valence-corrected chi connectivity index (χ3v) is 3.45. The number of anilines is 1. The number of ether oxygens (including phenoxy) is 2. The first-order valence-electron chi connectivity index (χ1n) is 7.52. The Labute approximate surface area is 134 Å². The van der Waals surface area contributed by atoms with E-state index in [1.807, 2.05) is 32.0 Å². The first-order chi connectivity index (χ1) is 10.6. The normalized spacial score (nSPS) is 14.1. The van der Waals surface area contributed by atoms with Gasteiger partial charge in [-0.15, -0.1) is 0 Å². The average molecular weight is 325 g/mol. The molecule has 0 spiro atoms. The van der Waals surface area contributed by atoms with E-state index in [2.05, 4.69) is 15.3 Å². The predicted octanol–water partition coefficient (Wildman–Crippen LogP) is 3.14. The molecule has 2 aromatic rings. The van der Waals surface area contributed by atoms with Gasteiger partial charge in [-0.1, -0.05) is 0 Å². The minimum absolute atomic E-state index is 0.181. The number of aromatic amines is 2. The highest BCUT2D eigenvalue weighted by Gasteiger charge is 2.12. The van der Waals surface area contributed by atoms with Gasteiger partial charge in [-0.3, -0.25) is 0 Å². The zero-order valence-electron chi connectivity index (χ0n) is 12.9. The molecule has 2 atom stereocenters. The van der Waals surface area contributed by atoms with Gasteiger partial charge in [0.05, 0.1) is 11.0 Å². The molecular weight excluding hydrogens is 302 g/mol. The molecular formula is C15H23N3O3S. The van der Waals surface area contributed by atoms with Crippen molar-refractivity contribution in [3.63, 3.8) is 0 Å². The van der Waals surface area contributed by atoms with Gasteiger partial charge in [0, 0.05) is 25.3 Å². The number of aliphatic hydroxyl groups excluding tert-OH is 1. The van der Waals surface area contributed by atoms with Crippen molar-refractivity contribution in [1.82, 2.24) is 9.97 Å². The maximum Gasteiger partial charge on any atom is 0.175 e. The third kappa shape index (κ3) is 4.81. The van der Waals surface area contributed by atoms with Crippen molar-refractivity contribution >= 4 is 28.9 Å². The maximum atomic E-state index is 9.65. The van der Waals surface area contributed by atoms with E-state index < -0.39 is 6.29 Å². The van der Waals surface area contributed by atoms with Crippen LogP contribution in [0.3, 0.4) is 0 Å². The highest BCUT2D eigenvalue weighted by atomic mass is 32.1. The second kappa shape index (κ2) is 8.28. The van der Waals surface area contributed by atoms with Gasteiger partial charge < -0.3 is 29.9 Å². The zero-order chi connectivity index (χ0) is 15.9. The third-order valence-electron chi connectivity index (χ3n) is 3.25. The molecule has 1 heterocycles. The molecule has 2 unspecified atom stereocenters. The minimum atomic E-state index is -0.752. The number of fused-ring (bicyclic) bond motifs is 1. The zero-order valence-corrected chi connectivity index (χ0v) is 13.7. The molecule has 0 fully saturated rings. The Morgan fingerprint density at radius 3 is 2.59 bits per heavy atom. The molecule has 1 aromatic carbocycles. The van der Waals surface area contributed by atoms with E-state index in [9.17, 15) is 5.11 Å². The summed E-state index contributed by atoms with van der Waals surface area (Å²) in [5, 5.41) is 13.0. The number of rotatable bonds is 9. The standard InChI is InChI=1S/C15H23N3O3S/c1-3-20-13(7-8-14(19)21-4-2)16-10-5-6-11-12(9-10)18-15(22)17-11/h5-6,9,13-14,16,19H,3-4,7-8H2,1-2H3,(H2,17,18,22). The number of H-pyrrole nitrogens is 2. The van der Waals surface area contributed by atoms with Crippen LogP contribution in [0.2, 0.25) is 0 Å². The lowest BCUT2D eigenvalue weighted by Gasteiger charge is -2.21. The van der Waals surface area contributed by atoms with Crippen molar-refractivity contribution in [2.75, 3.05) is 18.5 Å². The molecule has 7 heteroatoms. The molecule has 0 aliphatic heterocycles. The summed E-state index contributed by atoms with van der Waals surface area (Å²) >= 11 is 5.08. The number of imidazole rings is 1. The molecule has 122 valence electrons. The van der Waals surface area contributed by atoms with Gasteiger partial charge in [0.1, 0.15) is 6.23 Å². The second-order valence-corrected chi connectivity index (χ2v) is 5.32. The van der Waals surface area contributed by atoms with Crippen molar-refractivity contribution in [2.45, 2.75) is 39.2 Å². The van der Waals surface area contributed by atoms with Crippen molar-refractivity contribution in [3.8, 4) is 0 Å². The lowest BCUT2D eigenvalue weighted by Crippen LogP contribution is -2.25. The Morgan fingerprint density at radius 2 is 1.86 bits per heavy atom. The van der Waals surface area contributed by atoms with Crippen LogP contribution >= 0.6 is 12.2 Å². The molecule has 0 bridgehead atoms. The predicted molar refractivity (Wildman–Crippen MR) is 89.4 cm³/mol. The molecule has 1 aromatic heterocycles. The Morgan fingerprint density at radius 1 is 1.14 bits per heavy atom. The molecule has 6 nitrogen and oxygen atoms in total. The summed E-state index contributed by atoms with van der Waals surface area (Å²) in [4.78, 5) is 6.16. The quantitative estimate of drug-likeness (QED) is 0.421. The van der Waals surface area contributed by atoms with Gasteiger partial charge in [0.2, 0.25) is 0 Å². The van der Waals surface area contributed by atoms with E-state index in [0.29, 0.717) is 30.8 Å². The molecule has 0 amide bonds. The van der Waals surface area contributed by atoms with Gasteiger partial charge >= 0.3 is 0 Å². The van der Waals surface area contributed by atoms with E-state index in [1.165, 1.54) is 0 Å². The van der Waals surface area contributed by atoms with Gasteiger partial charge in [-0.25, -0.2) is 0 Å². The summed E-state index contributed by atoms with van der Waals surface area (Å²) in [5.74, 6) is 0. The smallest absolute Gasteiger partial charge is 0.175 e.